The SMILES string of the molecule is CCCc1cc(Cl)ccc1CC(N)C(=O)O. The number of aryl methyl sites for hydroxylation is 1. The van der Waals surface area contributed by atoms with Crippen molar-refractivity contribution in [1.82, 2.24) is 0 Å². The van der Waals surface area contributed by atoms with E-state index in [2.05, 4.69) is 6.92 Å². The number of aliphatic carboxylic acids is 1. The Bertz CT molecular complexity index is 379. The number of rotatable bonds is 5. The van der Waals surface area contributed by atoms with Gasteiger partial charge in [-0.15, -0.1) is 0 Å². The normalized spacial score (nSPS) is 12.4. The minimum Gasteiger partial charge on any atom is -0.480 e. The van der Waals surface area contributed by atoms with Gasteiger partial charge in [-0.05, 0) is 36.1 Å². The summed E-state index contributed by atoms with van der Waals surface area (Å²) in [4.78, 5) is 10.7. The fraction of sp³-hybridized carbons (Fsp3) is 0.417. The highest BCUT2D eigenvalue weighted by molar-refractivity contribution is 6.30. The number of carboxylic acid groups (broad SMARTS) is 1. The molecule has 1 aromatic rings. The lowest BCUT2D eigenvalue weighted by molar-refractivity contribution is -0.138. The van der Waals surface area contributed by atoms with Crippen LogP contribution in [0, 0.1) is 0 Å². The van der Waals surface area contributed by atoms with Crippen LogP contribution in [-0.4, -0.2) is 17.1 Å². The third kappa shape index (κ3) is 3.51. The van der Waals surface area contributed by atoms with Gasteiger partial charge in [0.1, 0.15) is 6.04 Å². The smallest absolute Gasteiger partial charge is 0.320 e. The maximum Gasteiger partial charge on any atom is 0.320 e. The van der Waals surface area contributed by atoms with Crippen LogP contribution in [-0.2, 0) is 17.6 Å². The van der Waals surface area contributed by atoms with E-state index in [0.717, 1.165) is 24.0 Å². The van der Waals surface area contributed by atoms with Crippen LogP contribution < -0.4 is 5.73 Å². The quantitative estimate of drug-likeness (QED) is 0.831. The van der Waals surface area contributed by atoms with Gasteiger partial charge in [0.05, 0.1) is 0 Å². The molecular formula is C12H16ClNO2. The standard InChI is InChI=1S/C12H16ClNO2/c1-2-3-8-6-10(13)5-4-9(8)7-11(14)12(15)16/h4-6,11H,2-3,7,14H2,1H3,(H,15,16). The molecule has 0 radical (unpaired) electrons. The van der Waals surface area contributed by atoms with Gasteiger partial charge in [0, 0.05) is 5.02 Å². The van der Waals surface area contributed by atoms with Gasteiger partial charge in [0.2, 0.25) is 0 Å². The van der Waals surface area contributed by atoms with E-state index in [1.807, 2.05) is 12.1 Å². The molecule has 0 aliphatic heterocycles. The molecule has 1 atom stereocenters. The zero-order chi connectivity index (χ0) is 12.1. The molecule has 0 bridgehead atoms. The topological polar surface area (TPSA) is 63.3 Å². The molecule has 0 aliphatic carbocycles. The van der Waals surface area contributed by atoms with E-state index in [0.29, 0.717) is 11.4 Å². The van der Waals surface area contributed by atoms with E-state index in [4.69, 9.17) is 22.4 Å². The molecule has 88 valence electrons. The maximum absolute atomic E-state index is 10.7. The van der Waals surface area contributed by atoms with Gasteiger partial charge in [0.15, 0.2) is 0 Å². The van der Waals surface area contributed by atoms with Crippen molar-refractivity contribution in [3.05, 3.63) is 34.3 Å². The summed E-state index contributed by atoms with van der Waals surface area (Å²) in [6.45, 7) is 2.07. The summed E-state index contributed by atoms with van der Waals surface area (Å²) >= 11 is 5.90. The highest BCUT2D eigenvalue weighted by Gasteiger charge is 2.14. The Morgan fingerprint density at radius 1 is 1.50 bits per heavy atom. The van der Waals surface area contributed by atoms with E-state index in [1.54, 1.807) is 6.07 Å². The summed E-state index contributed by atoms with van der Waals surface area (Å²) in [6, 6.07) is 4.66. The number of hydrogen-bond acceptors (Lipinski definition) is 2. The van der Waals surface area contributed by atoms with Crippen LogP contribution in [0.4, 0.5) is 0 Å². The van der Waals surface area contributed by atoms with Gasteiger partial charge in [-0.1, -0.05) is 31.0 Å². The maximum atomic E-state index is 10.7. The molecular weight excluding hydrogens is 226 g/mol. The fourth-order valence-electron chi connectivity index (χ4n) is 1.62. The molecule has 16 heavy (non-hydrogen) atoms. The molecule has 0 heterocycles. The minimum absolute atomic E-state index is 0.349. The Hall–Kier alpha value is -1.06. The van der Waals surface area contributed by atoms with Crippen molar-refractivity contribution < 1.29 is 9.90 Å². The first-order valence-electron chi connectivity index (χ1n) is 5.30. The van der Waals surface area contributed by atoms with Crippen molar-refractivity contribution in [3.8, 4) is 0 Å². The average molecular weight is 242 g/mol. The van der Waals surface area contributed by atoms with E-state index < -0.39 is 12.0 Å². The number of carboxylic acids is 1. The van der Waals surface area contributed by atoms with E-state index >= 15 is 0 Å². The molecule has 1 rings (SSSR count). The third-order valence-electron chi connectivity index (χ3n) is 2.44. The molecule has 1 aromatic carbocycles. The average Bonchev–Trinajstić information content (AvgIpc) is 2.22. The molecule has 0 saturated carbocycles. The largest absolute Gasteiger partial charge is 0.480 e. The highest BCUT2D eigenvalue weighted by atomic mass is 35.5. The molecule has 0 spiro atoms. The number of halogens is 1. The van der Waals surface area contributed by atoms with E-state index in [9.17, 15) is 4.79 Å². The third-order valence-corrected chi connectivity index (χ3v) is 2.68. The lowest BCUT2D eigenvalue weighted by Gasteiger charge is -2.11. The molecule has 3 nitrogen and oxygen atoms in total. The Balaban J connectivity index is 2.89. The predicted molar refractivity (Wildman–Crippen MR) is 64.8 cm³/mol. The van der Waals surface area contributed by atoms with Crippen LogP contribution in [0.25, 0.3) is 0 Å². The van der Waals surface area contributed by atoms with E-state index in [1.165, 1.54) is 0 Å². The second kappa shape index (κ2) is 5.87. The molecule has 1 unspecified atom stereocenters. The van der Waals surface area contributed by atoms with Crippen molar-refractivity contribution in [3.63, 3.8) is 0 Å². The van der Waals surface area contributed by atoms with Crippen LogP contribution in [0.1, 0.15) is 24.5 Å². The molecule has 4 heteroatoms. The van der Waals surface area contributed by atoms with Crippen LogP contribution in [0.15, 0.2) is 18.2 Å². The van der Waals surface area contributed by atoms with Gasteiger partial charge < -0.3 is 10.8 Å². The Labute approximate surface area is 100 Å². The molecule has 0 aliphatic rings. The number of nitrogens with two attached hydrogens (primary N) is 1. The van der Waals surface area contributed by atoms with Gasteiger partial charge in [-0.25, -0.2) is 0 Å². The summed E-state index contributed by atoms with van der Waals surface area (Å²) in [5, 5.41) is 9.44. The van der Waals surface area contributed by atoms with Gasteiger partial charge >= 0.3 is 5.97 Å². The summed E-state index contributed by atoms with van der Waals surface area (Å²) in [7, 11) is 0. The van der Waals surface area contributed by atoms with Crippen LogP contribution in [0.5, 0.6) is 0 Å². The fourth-order valence-corrected chi connectivity index (χ4v) is 1.81. The first kappa shape index (κ1) is 13.0. The molecule has 0 saturated heterocycles. The summed E-state index contributed by atoms with van der Waals surface area (Å²) in [6.07, 6.45) is 2.24. The minimum atomic E-state index is -0.975. The van der Waals surface area contributed by atoms with Crippen molar-refractivity contribution in [1.29, 1.82) is 0 Å². The first-order chi connectivity index (χ1) is 7.54. The molecule has 0 aromatic heterocycles. The second-order valence-electron chi connectivity index (χ2n) is 3.81. The summed E-state index contributed by atoms with van der Waals surface area (Å²) in [5.74, 6) is -0.975. The Morgan fingerprint density at radius 2 is 2.19 bits per heavy atom. The number of benzene rings is 1. The van der Waals surface area contributed by atoms with E-state index in [-0.39, 0.29) is 0 Å². The Kier molecular flexibility index (Phi) is 4.77. The lowest BCUT2D eigenvalue weighted by atomic mass is 9.98. The molecule has 0 fully saturated rings. The molecule has 0 amide bonds. The van der Waals surface area contributed by atoms with Crippen molar-refractivity contribution >= 4 is 17.6 Å². The van der Waals surface area contributed by atoms with Crippen molar-refractivity contribution in [2.75, 3.05) is 0 Å². The van der Waals surface area contributed by atoms with Crippen molar-refractivity contribution in [2.45, 2.75) is 32.2 Å². The van der Waals surface area contributed by atoms with Crippen LogP contribution in [0.2, 0.25) is 5.02 Å². The predicted octanol–water partition coefficient (Wildman–Crippen LogP) is 2.25. The Morgan fingerprint density at radius 3 is 2.75 bits per heavy atom. The lowest BCUT2D eigenvalue weighted by Crippen LogP contribution is -2.32. The second-order valence-corrected chi connectivity index (χ2v) is 4.25. The van der Waals surface area contributed by atoms with Gasteiger partial charge in [0.25, 0.3) is 0 Å². The van der Waals surface area contributed by atoms with Crippen LogP contribution in [0.3, 0.4) is 0 Å². The number of hydrogen-bond donors (Lipinski definition) is 2. The zero-order valence-electron chi connectivity index (χ0n) is 9.24. The first-order valence-corrected chi connectivity index (χ1v) is 5.68. The van der Waals surface area contributed by atoms with Crippen molar-refractivity contribution in [2.24, 2.45) is 5.73 Å². The summed E-state index contributed by atoms with van der Waals surface area (Å²) < 4.78 is 0. The van der Waals surface area contributed by atoms with Crippen LogP contribution >= 0.6 is 11.6 Å². The monoisotopic (exact) mass is 241 g/mol. The van der Waals surface area contributed by atoms with Gasteiger partial charge in [-0.3, -0.25) is 4.79 Å². The van der Waals surface area contributed by atoms with Gasteiger partial charge in [-0.2, -0.15) is 0 Å². The zero-order valence-corrected chi connectivity index (χ0v) is 10.00. The molecule has 3 N–H and O–H groups in total. The summed E-state index contributed by atoms with van der Waals surface area (Å²) in [5.41, 5.74) is 7.58. The highest BCUT2D eigenvalue weighted by Crippen LogP contribution is 2.19. The number of carbonyl (C=O) groups is 1.